The number of carbonyl (C=O) groups is 3. The summed E-state index contributed by atoms with van der Waals surface area (Å²) in [6.45, 7) is 4.84. The molecule has 3 amide bonds. The number of likely N-dealkylation sites (tertiary alicyclic amines) is 1. The molecule has 1 aromatic carbocycles. The van der Waals surface area contributed by atoms with Gasteiger partial charge in [0.2, 0.25) is 17.7 Å². The van der Waals surface area contributed by atoms with Gasteiger partial charge in [-0.05, 0) is 25.0 Å². The summed E-state index contributed by atoms with van der Waals surface area (Å²) in [6, 6.07) is 6.65. The fraction of sp³-hybridized carbons (Fsp3) is 0.450. The smallest absolute Gasteiger partial charge is 0.262 e. The molecule has 2 aliphatic rings. The first-order valence-electron chi connectivity index (χ1n) is 9.52. The third-order valence-electron chi connectivity index (χ3n) is 5.32. The molecule has 2 aliphatic heterocycles. The molecule has 0 aliphatic carbocycles. The molecule has 0 N–H and O–H groups in total. The second kappa shape index (κ2) is 7.18. The number of fused-ring (bicyclic) bond motifs is 1. The molecular formula is C20H22N4O4. The number of imide groups is 1. The lowest BCUT2D eigenvalue weighted by molar-refractivity contribution is -0.132. The molecule has 28 heavy (non-hydrogen) atoms. The van der Waals surface area contributed by atoms with E-state index in [4.69, 9.17) is 4.42 Å². The normalized spacial score (nSPS) is 17.5. The Bertz CT molecular complexity index is 893. The minimum atomic E-state index is -0.407. The third kappa shape index (κ3) is 3.19. The molecular weight excluding hydrogens is 360 g/mol. The number of amides is 3. The molecule has 1 aromatic heterocycles. The highest BCUT2D eigenvalue weighted by atomic mass is 16.4. The van der Waals surface area contributed by atoms with Gasteiger partial charge in [-0.2, -0.15) is 0 Å². The molecule has 8 nitrogen and oxygen atoms in total. The van der Waals surface area contributed by atoms with Crippen LogP contribution in [0.15, 0.2) is 28.7 Å². The van der Waals surface area contributed by atoms with E-state index < -0.39 is 11.8 Å². The standard InChI is InChI=1S/C20H22N4O4/c1-12(2)17-21-22-18(28-17)13-7-9-23(10-8-13)16(25)11-24-19(26)14-5-3-4-6-15(14)20(24)27/h3-6,12-13H,7-11H2,1-2H3. The van der Waals surface area contributed by atoms with E-state index in [2.05, 4.69) is 10.2 Å². The maximum atomic E-state index is 12.7. The quantitative estimate of drug-likeness (QED) is 0.752. The summed E-state index contributed by atoms with van der Waals surface area (Å²) in [6.07, 6.45) is 1.43. The zero-order chi connectivity index (χ0) is 19.8. The molecule has 2 aromatic rings. The SMILES string of the molecule is CC(C)c1nnc(C2CCN(C(=O)CN3C(=O)c4ccccc4C3=O)CC2)o1. The van der Waals surface area contributed by atoms with Crippen LogP contribution in [0.3, 0.4) is 0 Å². The largest absolute Gasteiger partial charge is 0.425 e. The van der Waals surface area contributed by atoms with Crippen LogP contribution in [0.5, 0.6) is 0 Å². The zero-order valence-electron chi connectivity index (χ0n) is 15.9. The van der Waals surface area contributed by atoms with Crippen LogP contribution in [0, 0.1) is 0 Å². The van der Waals surface area contributed by atoms with Gasteiger partial charge in [-0.1, -0.05) is 26.0 Å². The Morgan fingerprint density at radius 2 is 1.71 bits per heavy atom. The van der Waals surface area contributed by atoms with Gasteiger partial charge in [0.25, 0.3) is 11.8 Å². The molecule has 0 bridgehead atoms. The van der Waals surface area contributed by atoms with Gasteiger partial charge in [0.05, 0.1) is 11.1 Å². The van der Waals surface area contributed by atoms with Crippen molar-refractivity contribution in [2.24, 2.45) is 0 Å². The van der Waals surface area contributed by atoms with Crippen molar-refractivity contribution in [2.75, 3.05) is 19.6 Å². The average Bonchev–Trinajstić information content (AvgIpc) is 3.29. The van der Waals surface area contributed by atoms with Crippen molar-refractivity contribution >= 4 is 17.7 Å². The Kier molecular flexibility index (Phi) is 4.70. The summed E-state index contributed by atoms with van der Waals surface area (Å²) < 4.78 is 5.73. The van der Waals surface area contributed by atoms with Crippen molar-refractivity contribution in [3.63, 3.8) is 0 Å². The molecule has 0 unspecified atom stereocenters. The van der Waals surface area contributed by atoms with Gasteiger partial charge in [0, 0.05) is 24.9 Å². The highest BCUT2D eigenvalue weighted by Crippen LogP contribution is 2.29. The van der Waals surface area contributed by atoms with E-state index in [1.807, 2.05) is 13.8 Å². The van der Waals surface area contributed by atoms with E-state index in [-0.39, 0.29) is 24.3 Å². The average molecular weight is 382 g/mol. The van der Waals surface area contributed by atoms with Crippen molar-refractivity contribution in [1.82, 2.24) is 20.0 Å². The van der Waals surface area contributed by atoms with Crippen LogP contribution in [0.4, 0.5) is 0 Å². The number of nitrogens with zero attached hydrogens (tertiary/aromatic N) is 4. The first kappa shape index (κ1) is 18.3. The topological polar surface area (TPSA) is 96.6 Å². The van der Waals surface area contributed by atoms with E-state index in [0.717, 1.165) is 4.90 Å². The van der Waals surface area contributed by atoms with Gasteiger partial charge in [-0.3, -0.25) is 19.3 Å². The number of rotatable bonds is 4. The van der Waals surface area contributed by atoms with Gasteiger partial charge >= 0.3 is 0 Å². The summed E-state index contributed by atoms with van der Waals surface area (Å²) in [5, 5.41) is 8.21. The Morgan fingerprint density at radius 1 is 1.11 bits per heavy atom. The molecule has 1 saturated heterocycles. The molecule has 146 valence electrons. The molecule has 4 rings (SSSR count). The second-order valence-electron chi connectivity index (χ2n) is 7.53. The van der Waals surface area contributed by atoms with Gasteiger partial charge in [-0.15, -0.1) is 10.2 Å². The van der Waals surface area contributed by atoms with Crippen LogP contribution >= 0.6 is 0 Å². The number of carbonyl (C=O) groups excluding carboxylic acids is 3. The maximum Gasteiger partial charge on any atom is 0.262 e. The van der Waals surface area contributed by atoms with Crippen LogP contribution in [-0.2, 0) is 4.79 Å². The predicted molar refractivity (Wildman–Crippen MR) is 98.8 cm³/mol. The van der Waals surface area contributed by atoms with Gasteiger partial charge in [-0.25, -0.2) is 0 Å². The molecule has 3 heterocycles. The lowest BCUT2D eigenvalue weighted by Crippen LogP contribution is -2.45. The summed E-state index contributed by atoms with van der Waals surface area (Å²) in [4.78, 5) is 40.2. The molecule has 0 atom stereocenters. The van der Waals surface area contributed by atoms with E-state index in [9.17, 15) is 14.4 Å². The summed E-state index contributed by atoms with van der Waals surface area (Å²) >= 11 is 0. The number of hydrogen-bond donors (Lipinski definition) is 0. The predicted octanol–water partition coefficient (Wildman–Crippen LogP) is 2.20. The molecule has 1 fully saturated rings. The Balaban J connectivity index is 1.36. The van der Waals surface area contributed by atoms with Crippen molar-refractivity contribution in [3.8, 4) is 0 Å². The Hall–Kier alpha value is -3.03. The van der Waals surface area contributed by atoms with Gasteiger partial charge in [0.1, 0.15) is 6.54 Å². The minimum Gasteiger partial charge on any atom is -0.425 e. The maximum absolute atomic E-state index is 12.7. The third-order valence-corrected chi connectivity index (χ3v) is 5.32. The van der Waals surface area contributed by atoms with Crippen LogP contribution < -0.4 is 0 Å². The Morgan fingerprint density at radius 3 is 2.25 bits per heavy atom. The van der Waals surface area contributed by atoms with Crippen molar-refractivity contribution in [1.29, 1.82) is 0 Å². The second-order valence-corrected chi connectivity index (χ2v) is 7.53. The molecule has 0 radical (unpaired) electrons. The van der Waals surface area contributed by atoms with Gasteiger partial charge < -0.3 is 9.32 Å². The number of piperidine rings is 1. The van der Waals surface area contributed by atoms with Crippen molar-refractivity contribution in [3.05, 3.63) is 47.2 Å². The van der Waals surface area contributed by atoms with Gasteiger partial charge in [0.15, 0.2) is 0 Å². The summed E-state index contributed by atoms with van der Waals surface area (Å²) in [5.41, 5.74) is 0.715. The van der Waals surface area contributed by atoms with E-state index in [1.54, 1.807) is 29.2 Å². The van der Waals surface area contributed by atoms with E-state index >= 15 is 0 Å². The van der Waals surface area contributed by atoms with Crippen molar-refractivity contribution < 1.29 is 18.8 Å². The first-order chi connectivity index (χ1) is 13.5. The monoisotopic (exact) mass is 382 g/mol. The highest BCUT2D eigenvalue weighted by Gasteiger charge is 2.37. The molecule has 0 saturated carbocycles. The van der Waals surface area contributed by atoms with Crippen LogP contribution in [0.1, 0.15) is 71.0 Å². The minimum absolute atomic E-state index is 0.128. The fourth-order valence-corrected chi connectivity index (χ4v) is 3.64. The number of benzene rings is 1. The van der Waals surface area contributed by atoms with E-state index in [0.29, 0.717) is 48.8 Å². The van der Waals surface area contributed by atoms with Crippen molar-refractivity contribution in [2.45, 2.75) is 38.5 Å². The first-order valence-corrected chi connectivity index (χ1v) is 9.52. The highest BCUT2D eigenvalue weighted by molar-refractivity contribution is 6.22. The molecule has 0 spiro atoms. The Labute approximate surface area is 162 Å². The number of aromatic nitrogens is 2. The zero-order valence-corrected chi connectivity index (χ0v) is 15.9. The van der Waals surface area contributed by atoms with Crippen LogP contribution in [0.25, 0.3) is 0 Å². The fourth-order valence-electron chi connectivity index (χ4n) is 3.64. The van der Waals surface area contributed by atoms with E-state index in [1.165, 1.54) is 0 Å². The number of hydrogen-bond acceptors (Lipinski definition) is 6. The summed E-state index contributed by atoms with van der Waals surface area (Å²) in [7, 11) is 0. The van der Waals surface area contributed by atoms with Crippen LogP contribution in [-0.4, -0.2) is 57.4 Å². The lowest BCUT2D eigenvalue weighted by atomic mass is 9.97. The molecule has 8 heteroatoms. The van der Waals surface area contributed by atoms with Crippen LogP contribution in [0.2, 0.25) is 0 Å². The summed E-state index contributed by atoms with van der Waals surface area (Å²) in [5.74, 6) is 0.523. The lowest BCUT2D eigenvalue weighted by Gasteiger charge is -2.31.